The van der Waals surface area contributed by atoms with Crippen LogP contribution in [0.1, 0.15) is 27.2 Å². The highest BCUT2D eigenvalue weighted by molar-refractivity contribution is 5.73. The van der Waals surface area contributed by atoms with E-state index < -0.39 is 0 Å². The van der Waals surface area contributed by atoms with Gasteiger partial charge in [-0.3, -0.25) is 0 Å². The second kappa shape index (κ2) is 8.00. The van der Waals surface area contributed by atoms with E-state index in [1.807, 2.05) is 18.2 Å². The molecule has 3 N–H and O–H groups in total. The van der Waals surface area contributed by atoms with Gasteiger partial charge in [0.2, 0.25) is 0 Å². The van der Waals surface area contributed by atoms with Crippen molar-refractivity contribution in [3.05, 3.63) is 18.2 Å². The molecular weight excluding hydrogens is 250 g/mol. The van der Waals surface area contributed by atoms with Crippen molar-refractivity contribution in [2.24, 2.45) is 5.92 Å². The number of rotatable bonds is 8. The maximum absolute atomic E-state index is 6.20. The monoisotopic (exact) mass is 279 g/mol. The third-order valence-electron chi connectivity index (χ3n) is 3.24. The molecule has 0 radical (unpaired) electrons. The Labute approximate surface area is 123 Å². The summed E-state index contributed by atoms with van der Waals surface area (Å²) >= 11 is 0. The highest BCUT2D eigenvalue weighted by Gasteiger charge is 2.16. The van der Waals surface area contributed by atoms with E-state index >= 15 is 0 Å². The Balaban J connectivity index is 2.84. The summed E-state index contributed by atoms with van der Waals surface area (Å²) in [6, 6.07) is 6.27. The molecule has 0 spiro atoms. The minimum Gasteiger partial charge on any atom is -0.491 e. The van der Waals surface area contributed by atoms with Crippen LogP contribution in [0, 0.1) is 5.92 Å². The molecule has 4 nitrogen and oxygen atoms in total. The molecule has 0 saturated heterocycles. The largest absolute Gasteiger partial charge is 0.491 e. The lowest BCUT2D eigenvalue weighted by atomic mass is 10.0. The molecule has 0 aliphatic heterocycles. The van der Waals surface area contributed by atoms with Gasteiger partial charge in [0, 0.05) is 12.6 Å². The lowest BCUT2D eigenvalue weighted by Crippen LogP contribution is -2.36. The van der Waals surface area contributed by atoms with Crippen LogP contribution in [0.4, 0.5) is 11.4 Å². The molecular formula is C16H29N3O. The molecule has 4 heteroatoms. The summed E-state index contributed by atoms with van der Waals surface area (Å²) in [5.41, 5.74) is 7.86. The summed E-state index contributed by atoms with van der Waals surface area (Å²) in [5, 5.41) is 3.55. The Morgan fingerprint density at radius 2 is 2.00 bits per heavy atom. The maximum atomic E-state index is 6.20. The van der Waals surface area contributed by atoms with Crippen LogP contribution >= 0.6 is 0 Å². The molecule has 20 heavy (non-hydrogen) atoms. The predicted molar refractivity (Wildman–Crippen MR) is 87.4 cm³/mol. The first kappa shape index (κ1) is 16.6. The molecule has 0 aliphatic carbocycles. The molecule has 0 saturated carbocycles. The molecule has 0 amide bonds. The van der Waals surface area contributed by atoms with Crippen LogP contribution in [-0.4, -0.2) is 38.2 Å². The molecule has 1 rings (SSSR count). The van der Waals surface area contributed by atoms with E-state index in [0.29, 0.717) is 24.3 Å². The molecule has 0 heterocycles. The molecule has 1 aromatic rings. The average molecular weight is 279 g/mol. The number of likely N-dealkylation sites (N-methyl/N-ethyl adjacent to an activating group) is 1. The normalized spacial score (nSPS) is 12.8. The number of ether oxygens (including phenoxy) is 1. The van der Waals surface area contributed by atoms with Gasteiger partial charge in [-0.1, -0.05) is 26.8 Å². The van der Waals surface area contributed by atoms with Gasteiger partial charge >= 0.3 is 0 Å². The Morgan fingerprint density at radius 1 is 1.30 bits per heavy atom. The smallest absolute Gasteiger partial charge is 0.144 e. The lowest BCUT2D eigenvalue weighted by Gasteiger charge is -2.27. The molecule has 0 aliphatic rings. The topological polar surface area (TPSA) is 50.5 Å². The third-order valence-corrected chi connectivity index (χ3v) is 3.24. The number of nitrogen functional groups attached to an aromatic ring is 1. The number of anilines is 2. The lowest BCUT2D eigenvalue weighted by molar-refractivity contribution is 0.319. The van der Waals surface area contributed by atoms with Crippen molar-refractivity contribution >= 4 is 11.4 Å². The van der Waals surface area contributed by atoms with Crippen LogP contribution in [0.15, 0.2) is 18.2 Å². The third kappa shape index (κ3) is 4.93. The summed E-state index contributed by atoms with van der Waals surface area (Å²) in [6.07, 6.45) is 0.979. The zero-order chi connectivity index (χ0) is 15.1. The summed E-state index contributed by atoms with van der Waals surface area (Å²) in [7, 11) is 4.17. The van der Waals surface area contributed by atoms with E-state index in [4.69, 9.17) is 10.5 Å². The van der Waals surface area contributed by atoms with Gasteiger partial charge in [-0.15, -0.1) is 0 Å². The van der Waals surface area contributed by atoms with E-state index in [0.717, 1.165) is 24.4 Å². The standard InChI is InChI=1S/C16H29N3O/c1-6-10-20-15-9-7-8-13(16(15)17)18-14(12(2)3)11-19(4)5/h7-9,12,14,18H,6,10-11,17H2,1-5H3. The zero-order valence-corrected chi connectivity index (χ0v) is 13.4. The Bertz CT molecular complexity index is 405. The van der Waals surface area contributed by atoms with Gasteiger partial charge in [-0.2, -0.15) is 0 Å². The van der Waals surface area contributed by atoms with Gasteiger partial charge in [0.05, 0.1) is 18.0 Å². The molecule has 0 bridgehead atoms. The van der Waals surface area contributed by atoms with Crippen molar-refractivity contribution in [1.82, 2.24) is 4.90 Å². The van der Waals surface area contributed by atoms with Gasteiger partial charge in [-0.25, -0.2) is 0 Å². The highest BCUT2D eigenvalue weighted by atomic mass is 16.5. The molecule has 1 aromatic carbocycles. The number of para-hydroxylation sites is 1. The van der Waals surface area contributed by atoms with E-state index in [1.54, 1.807) is 0 Å². The summed E-state index contributed by atoms with van der Waals surface area (Å²) in [6.45, 7) is 8.18. The highest BCUT2D eigenvalue weighted by Crippen LogP contribution is 2.30. The van der Waals surface area contributed by atoms with E-state index in [2.05, 4.69) is 45.1 Å². The molecule has 0 aromatic heterocycles. The SMILES string of the molecule is CCCOc1cccc(NC(CN(C)C)C(C)C)c1N. The molecule has 114 valence electrons. The van der Waals surface area contributed by atoms with Crippen LogP contribution in [0.3, 0.4) is 0 Å². The number of hydrogen-bond donors (Lipinski definition) is 2. The fourth-order valence-electron chi connectivity index (χ4n) is 2.02. The maximum Gasteiger partial charge on any atom is 0.144 e. The molecule has 0 fully saturated rings. The van der Waals surface area contributed by atoms with Gasteiger partial charge in [0.25, 0.3) is 0 Å². The second-order valence-electron chi connectivity index (χ2n) is 5.82. The summed E-state index contributed by atoms with van der Waals surface area (Å²) in [4.78, 5) is 2.19. The van der Waals surface area contributed by atoms with Gasteiger partial charge < -0.3 is 20.7 Å². The number of nitrogens with two attached hydrogens (primary N) is 1. The van der Waals surface area contributed by atoms with Crippen molar-refractivity contribution in [2.45, 2.75) is 33.2 Å². The fourth-order valence-corrected chi connectivity index (χ4v) is 2.02. The minimum absolute atomic E-state index is 0.355. The first-order valence-corrected chi connectivity index (χ1v) is 7.38. The number of nitrogens with zero attached hydrogens (tertiary/aromatic N) is 1. The summed E-state index contributed by atoms with van der Waals surface area (Å²) in [5.74, 6) is 1.29. The Kier molecular flexibility index (Phi) is 6.65. The van der Waals surface area contributed by atoms with Crippen LogP contribution in [0.5, 0.6) is 5.75 Å². The first-order chi connectivity index (χ1) is 9.45. The minimum atomic E-state index is 0.355. The second-order valence-corrected chi connectivity index (χ2v) is 5.82. The number of benzene rings is 1. The number of hydrogen-bond acceptors (Lipinski definition) is 4. The Hall–Kier alpha value is -1.42. The van der Waals surface area contributed by atoms with Crippen LogP contribution < -0.4 is 15.8 Å². The quantitative estimate of drug-likeness (QED) is 0.718. The van der Waals surface area contributed by atoms with Crippen molar-refractivity contribution in [1.29, 1.82) is 0 Å². The van der Waals surface area contributed by atoms with Crippen molar-refractivity contribution < 1.29 is 4.74 Å². The van der Waals surface area contributed by atoms with Crippen LogP contribution in [0.25, 0.3) is 0 Å². The first-order valence-electron chi connectivity index (χ1n) is 7.38. The summed E-state index contributed by atoms with van der Waals surface area (Å²) < 4.78 is 5.67. The van der Waals surface area contributed by atoms with Gasteiger partial charge in [0.1, 0.15) is 5.75 Å². The molecule has 1 atom stereocenters. The van der Waals surface area contributed by atoms with Crippen LogP contribution in [-0.2, 0) is 0 Å². The fraction of sp³-hybridized carbons (Fsp3) is 0.625. The van der Waals surface area contributed by atoms with Gasteiger partial charge in [-0.05, 0) is 38.6 Å². The molecule has 1 unspecified atom stereocenters. The van der Waals surface area contributed by atoms with E-state index in [-0.39, 0.29) is 0 Å². The number of nitrogens with one attached hydrogen (secondary N) is 1. The van der Waals surface area contributed by atoms with Gasteiger partial charge in [0.15, 0.2) is 0 Å². The Morgan fingerprint density at radius 3 is 2.55 bits per heavy atom. The van der Waals surface area contributed by atoms with Crippen molar-refractivity contribution in [3.8, 4) is 5.75 Å². The predicted octanol–water partition coefficient (Wildman–Crippen LogP) is 3.06. The van der Waals surface area contributed by atoms with Crippen molar-refractivity contribution in [2.75, 3.05) is 38.3 Å². The van der Waals surface area contributed by atoms with Crippen LogP contribution in [0.2, 0.25) is 0 Å². The van der Waals surface area contributed by atoms with E-state index in [9.17, 15) is 0 Å². The van der Waals surface area contributed by atoms with E-state index in [1.165, 1.54) is 0 Å². The van der Waals surface area contributed by atoms with Crippen molar-refractivity contribution in [3.63, 3.8) is 0 Å². The zero-order valence-electron chi connectivity index (χ0n) is 13.4. The average Bonchev–Trinajstić information content (AvgIpc) is 2.38.